The van der Waals surface area contributed by atoms with Crippen molar-refractivity contribution in [1.82, 2.24) is 5.32 Å². The van der Waals surface area contributed by atoms with Gasteiger partial charge in [0.2, 0.25) is 0 Å². The van der Waals surface area contributed by atoms with E-state index in [2.05, 4.69) is 28.3 Å². The molecule has 1 heterocycles. The number of nitrogens with zero attached hydrogens (tertiary/aromatic N) is 1. The molecule has 3 nitrogen and oxygen atoms in total. The summed E-state index contributed by atoms with van der Waals surface area (Å²) in [6.45, 7) is 3.80. The maximum atomic E-state index is 4.44. The zero-order valence-corrected chi connectivity index (χ0v) is 8.94. The summed E-state index contributed by atoms with van der Waals surface area (Å²) in [5.41, 5.74) is 2.17. The van der Waals surface area contributed by atoms with Gasteiger partial charge in [-0.25, -0.2) is 0 Å². The molecule has 14 heavy (non-hydrogen) atoms. The standard InChI is InChI=1S/C10H13N3S/c1-7-3-2-4-8(9(7)14)13-10-11-5-6-12-10/h2-4,14H,5-6H2,1H3,(H2,11,12,13). The SMILES string of the molecule is Cc1cccc(NC2=NCCN2)c1S. The molecule has 0 radical (unpaired) electrons. The zero-order chi connectivity index (χ0) is 9.97. The Kier molecular flexibility index (Phi) is 2.63. The number of anilines is 1. The third-order valence-corrected chi connectivity index (χ3v) is 2.76. The van der Waals surface area contributed by atoms with Gasteiger partial charge in [0, 0.05) is 11.4 Å². The Labute approximate surface area is 89.0 Å². The highest BCUT2D eigenvalue weighted by Gasteiger charge is 2.07. The van der Waals surface area contributed by atoms with Crippen molar-refractivity contribution in [3.8, 4) is 0 Å². The lowest BCUT2D eigenvalue weighted by molar-refractivity contribution is 0.959. The Morgan fingerprint density at radius 1 is 1.50 bits per heavy atom. The molecular weight excluding hydrogens is 194 g/mol. The second kappa shape index (κ2) is 3.92. The van der Waals surface area contributed by atoms with Gasteiger partial charge in [0.05, 0.1) is 12.2 Å². The molecule has 0 fully saturated rings. The van der Waals surface area contributed by atoms with E-state index in [0.717, 1.165) is 35.2 Å². The highest BCUT2D eigenvalue weighted by molar-refractivity contribution is 7.80. The van der Waals surface area contributed by atoms with Crippen LogP contribution in [0, 0.1) is 6.92 Å². The third kappa shape index (κ3) is 1.85. The number of nitrogens with one attached hydrogen (secondary N) is 2. The molecule has 2 N–H and O–H groups in total. The van der Waals surface area contributed by atoms with E-state index in [1.54, 1.807) is 0 Å². The predicted octanol–water partition coefficient (Wildman–Crippen LogP) is 1.65. The summed E-state index contributed by atoms with van der Waals surface area (Å²) in [4.78, 5) is 5.24. The van der Waals surface area contributed by atoms with Crippen LogP contribution in [0.1, 0.15) is 5.56 Å². The number of guanidine groups is 1. The summed E-state index contributed by atoms with van der Waals surface area (Å²) < 4.78 is 0. The largest absolute Gasteiger partial charge is 0.354 e. The van der Waals surface area contributed by atoms with Crippen molar-refractivity contribution in [2.75, 3.05) is 18.4 Å². The lowest BCUT2D eigenvalue weighted by atomic mass is 10.2. The Hall–Kier alpha value is -1.16. The monoisotopic (exact) mass is 207 g/mol. The highest BCUT2D eigenvalue weighted by atomic mass is 32.1. The maximum Gasteiger partial charge on any atom is 0.195 e. The molecule has 4 heteroatoms. The molecule has 0 saturated heterocycles. The minimum atomic E-state index is 0.839. The maximum absolute atomic E-state index is 4.44. The molecular formula is C10H13N3S. The van der Waals surface area contributed by atoms with Gasteiger partial charge in [0.25, 0.3) is 0 Å². The fraction of sp³-hybridized carbons (Fsp3) is 0.300. The molecule has 2 rings (SSSR count). The molecule has 0 atom stereocenters. The van der Waals surface area contributed by atoms with Gasteiger partial charge in [-0.05, 0) is 18.6 Å². The fourth-order valence-corrected chi connectivity index (χ4v) is 1.57. The van der Waals surface area contributed by atoms with Crippen LogP contribution in [-0.4, -0.2) is 19.0 Å². The molecule has 1 aliphatic heterocycles. The van der Waals surface area contributed by atoms with E-state index in [0.29, 0.717) is 0 Å². The van der Waals surface area contributed by atoms with E-state index in [-0.39, 0.29) is 0 Å². The lowest BCUT2D eigenvalue weighted by Gasteiger charge is -2.10. The predicted molar refractivity (Wildman–Crippen MR) is 62.4 cm³/mol. The Morgan fingerprint density at radius 2 is 2.36 bits per heavy atom. The Bertz CT molecular complexity index is 374. The molecule has 0 spiro atoms. The van der Waals surface area contributed by atoms with Crippen molar-refractivity contribution < 1.29 is 0 Å². The van der Waals surface area contributed by atoms with Crippen LogP contribution in [0.3, 0.4) is 0 Å². The number of thiol groups is 1. The molecule has 0 bridgehead atoms. The molecule has 1 aromatic carbocycles. The summed E-state index contributed by atoms with van der Waals surface area (Å²) in [6.07, 6.45) is 0. The second-order valence-electron chi connectivity index (χ2n) is 3.25. The average Bonchev–Trinajstić information content (AvgIpc) is 2.66. The van der Waals surface area contributed by atoms with Gasteiger partial charge in [-0.2, -0.15) is 0 Å². The van der Waals surface area contributed by atoms with E-state index in [4.69, 9.17) is 0 Å². The molecule has 0 aliphatic carbocycles. The Morgan fingerprint density at radius 3 is 3.07 bits per heavy atom. The number of hydrogen-bond donors (Lipinski definition) is 3. The van der Waals surface area contributed by atoms with Gasteiger partial charge in [0.15, 0.2) is 5.96 Å². The average molecular weight is 207 g/mol. The second-order valence-corrected chi connectivity index (χ2v) is 3.70. The van der Waals surface area contributed by atoms with Gasteiger partial charge < -0.3 is 10.6 Å². The molecule has 0 saturated carbocycles. The first kappa shape index (κ1) is 9.40. The number of rotatable bonds is 1. The Balaban J connectivity index is 2.20. The summed E-state index contributed by atoms with van der Waals surface area (Å²) in [6, 6.07) is 6.04. The zero-order valence-electron chi connectivity index (χ0n) is 8.04. The van der Waals surface area contributed by atoms with Gasteiger partial charge in [0.1, 0.15) is 0 Å². The number of aryl methyl sites for hydroxylation is 1. The minimum Gasteiger partial charge on any atom is -0.354 e. The molecule has 1 aliphatic rings. The van der Waals surface area contributed by atoms with Crippen LogP contribution in [0.15, 0.2) is 28.1 Å². The first-order chi connectivity index (χ1) is 6.77. The molecule has 0 aromatic heterocycles. The van der Waals surface area contributed by atoms with E-state index < -0.39 is 0 Å². The van der Waals surface area contributed by atoms with E-state index in [9.17, 15) is 0 Å². The van der Waals surface area contributed by atoms with Crippen LogP contribution < -0.4 is 10.6 Å². The van der Waals surface area contributed by atoms with Crippen molar-refractivity contribution >= 4 is 24.3 Å². The highest BCUT2D eigenvalue weighted by Crippen LogP contribution is 2.23. The molecule has 0 unspecified atom stereocenters. The number of aliphatic imine (C=N–C) groups is 1. The topological polar surface area (TPSA) is 36.4 Å². The molecule has 0 amide bonds. The first-order valence-electron chi connectivity index (χ1n) is 4.61. The quantitative estimate of drug-likeness (QED) is 0.612. The summed E-state index contributed by atoms with van der Waals surface area (Å²) in [5.74, 6) is 0.839. The van der Waals surface area contributed by atoms with Gasteiger partial charge in [-0.15, -0.1) is 12.6 Å². The van der Waals surface area contributed by atoms with E-state index in [1.807, 2.05) is 25.1 Å². The van der Waals surface area contributed by atoms with Crippen molar-refractivity contribution in [1.29, 1.82) is 0 Å². The minimum absolute atomic E-state index is 0.839. The van der Waals surface area contributed by atoms with Crippen molar-refractivity contribution in [2.45, 2.75) is 11.8 Å². The van der Waals surface area contributed by atoms with Crippen molar-refractivity contribution in [3.63, 3.8) is 0 Å². The number of benzene rings is 1. The van der Waals surface area contributed by atoms with Crippen molar-refractivity contribution in [3.05, 3.63) is 23.8 Å². The smallest absolute Gasteiger partial charge is 0.195 e. The fourth-order valence-electron chi connectivity index (χ4n) is 1.37. The van der Waals surface area contributed by atoms with Crippen LogP contribution >= 0.6 is 12.6 Å². The molecule has 74 valence electrons. The van der Waals surface area contributed by atoms with Crippen LogP contribution in [0.5, 0.6) is 0 Å². The summed E-state index contributed by atoms with van der Waals surface area (Å²) >= 11 is 4.44. The molecule has 1 aromatic rings. The number of hydrogen-bond acceptors (Lipinski definition) is 4. The first-order valence-corrected chi connectivity index (χ1v) is 5.06. The van der Waals surface area contributed by atoms with Gasteiger partial charge in [-0.3, -0.25) is 4.99 Å². The van der Waals surface area contributed by atoms with Crippen LogP contribution in [0.4, 0.5) is 5.69 Å². The summed E-state index contributed by atoms with van der Waals surface area (Å²) in [7, 11) is 0. The van der Waals surface area contributed by atoms with Crippen LogP contribution in [0.25, 0.3) is 0 Å². The van der Waals surface area contributed by atoms with Crippen LogP contribution in [-0.2, 0) is 0 Å². The van der Waals surface area contributed by atoms with Gasteiger partial charge in [-0.1, -0.05) is 12.1 Å². The van der Waals surface area contributed by atoms with Crippen molar-refractivity contribution in [2.24, 2.45) is 4.99 Å². The van der Waals surface area contributed by atoms with Gasteiger partial charge >= 0.3 is 0 Å². The van der Waals surface area contributed by atoms with E-state index >= 15 is 0 Å². The van der Waals surface area contributed by atoms with E-state index in [1.165, 1.54) is 0 Å². The van der Waals surface area contributed by atoms with Crippen LogP contribution in [0.2, 0.25) is 0 Å². The normalized spacial score (nSPS) is 14.9. The lowest BCUT2D eigenvalue weighted by Crippen LogP contribution is -2.26. The summed E-state index contributed by atoms with van der Waals surface area (Å²) in [5, 5.41) is 6.37. The third-order valence-electron chi connectivity index (χ3n) is 2.16.